The number of aliphatic imine (C=N–C) groups is 1. The fourth-order valence-corrected chi connectivity index (χ4v) is 2.06. The number of nitrogens with one attached hydrogen (secondary N) is 3. The summed E-state index contributed by atoms with van der Waals surface area (Å²) in [6, 6.07) is 7.65. The van der Waals surface area contributed by atoms with Crippen molar-refractivity contribution in [1.29, 1.82) is 0 Å². The first-order valence-corrected chi connectivity index (χ1v) is 8.96. The molecule has 0 aliphatic rings. The third kappa shape index (κ3) is 7.99. The van der Waals surface area contributed by atoms with Crippen LogP contribution in [-0.4, -0.2) is 31.5 Å². The van der Waals surface area contributed by atoms with Gasteiger partial charge in [-0.2, -0.15) is 0 Å². The summed E-state index contributed by atoms with van der Waals surface area (Å²) in [5.41, 5.74) is 1.78. The molecule has 5 heteroatoms. The first kappa shape index (κ1) is 20.0. The molecule has 1 aromatic rings. The molecule has 1 rings (SSSR count). The van der Waals surface area contributed by atoms with Crippen molar-refractivity contribution in [3.63, 3.8) is 0 Å². The molecule has 0 bridgehead atoms. The Morgan fingerprint density at radius 2 is 1.79 bits per heavy atom. The average molecular weight is 332 g/mol. The number of rotatable bonds is 9. The molecule has 24 heavy (non-hydrogen) atoms. The number of hydrogen-bond donors (Lipinski definition) is 3. The highest BCUT2D eigenvalue weighted by atomic mass is 16.1. The Morgan fingerprint density at radius 1 is 1.08 bits per heavy atom. The van der Waals surface area contributed by atoms with Crippen molar-refractivity contribution in [2.75, 3.05) is 19.6 Å². The van der Waals surface area contributed by atoms with Crippen LogP contribution in [0.3, 0.4) is 0 Å². The van der Waals surface area contributed by atoms with Gasteiger partial charge >= 0.3 is 0 Å². The smallest absolute Gasteiger partial charge is 0.251 e. The van der Waals surface area contributed by atoms with Crippen molar-refractivity contribution in [2.24, 2.45) is 10.9 Å². The van der Waals surface area contributed by atoms with E-state index in [1.54, 1.807) is 0 Å². The van der Waals surface area contributed by atoms with Gasteiger partial charge in [-0.15, -0.1) is 0 Å². The number of guanidine groups is 1. The van der Waals surface area contributed by atoms with E-state index in [0.717, 1.165) is 44.0 Å². The van der Waals surface area contributed by atoms with Gasteiger partial charge in [0.2, 0.25) is 0 Å². The van der Waals surface area contributed by atoms with E-state index in [4.69, 9.17) is 0 Å². The van der Waals surface area contributed by atoms with Crippen LogP contribution in [0.5, 0.6) is 0 Å². The Kier molecular flexibility index (Phi) is 9.58. The van der Waals surface area contributed by atoms with Crippen LogP contribution in [0, 0.1) is 5.92 Å². The molecule has 0 aliphatic carbocycles. The lowest BCUT2D eigenvalue weighted by atomic mass is 10.1. The Labute approximate surface area is 146 Å². The molecular formula is C19H32N4O. The Balaban J connectivity index is 2.57. The predicted octanol–water partition coefficient (Wildman–Crippen LogP) is 2.93. The van der Waals surface area contributed by atoms with Crippen LogP contribution in [0.4, 0.5) is 0 Å². The van der Waals surface area contributed by atoms with Gasteiger partial charge in [-0.3, -0.25) is 4.79 Å². The van der Waals surface area contributed by atoms with E-state index in [1.807, 2.05) is 24.3 Å². The second-order valence-electron chi connectivity index (χ2n) is 6.28. The van der Waals surface area contributed by atoms with Gasteiger partial charge in [-0.1, -0.05) is 39.3 Å². The van der Waals surface area contributed by atoms with Crippen LogP contribution in [0.25, 0.3) is 0 Å². The van der Waals surface area contributed by atoms with Crippen molar-refractivity contribution in [3.8, 4) is 0 Å². The third-order valence-corrected chi connectivity index (χ3v) is 3.47. The summed E-state index contributed by atoms with van der Waals surface area (Å²) >= 11 is 0. The van der Waals surface area contributed by atoms with Gasteiger partial charge in [-0.25, -0.2) is 4.99 Å². The summed E-state index contributed by atoms with van der Waals surface area (Å²) in [6.07, 6.45) is 2.09. The molecule has 0 radical (unpaired) electrons. The van der Waals surface area contributed by atoms with Crippen LogP contribution in [-0.2, 0) is 6.54 Å². The van der Waals surface area contributed by atoms with Gasteiger partial charge in [0.1, 0.15) is 0 Å². The van der Waals surface area contributed by atoms with Crippen molar-refractivity contribution >= 4 is 11.9 Å². The van der Waals surface area contributed by atoms with Gasteiger partial charge in [0.05, 0.1) is 6.54 Å². The predicted molar refractivity (Wildman–Crippen MR) is 101 cm³/mol. The summed E-state index contributed by atoms with van der Waals surface area (Å²) in [4.78, 5) is 16.6. The molecular weight excluding hydrogens is 300 g/mol. The van der Waals surface area contributed by atoms with Gasteiger partial charge in [0, 0.05) is 25.2 Å². The fourth-order valence-electron chi connectivity index (χ4n) is 2.06. The van der Waals surface area contributed by atoms with Crippen molar-refractivity contribution in [1.82, 2.24) is 16.0 Å². The molecule has 1 amide bonds. The molecule has 5 nitrogen and oxygen atoms in total. The summed E-state index contributed by atoms with van der Waals surface area (Å²) in [5, 5.41) is 9.49. The maximum atomic E-state index is 12.0. The number of unbranched alkanes of at least 4 members (excludes halogenated alkanes) is 1. The Bertz CT molecular complexity index is 509. The molecule has 0 aromatic heterocycles. The van der Waals surface area contributed by atoms with Gasteiger partial charge in [-0.05, 0) is 37.0 Å². The van der Waals surface area contributed by atoms with E-state index < -0.39 is 0 Å². The lowest BCUT2D eigenvalue weighted by Crippen LogP contribution is -2.39. The number of carbonyl (C=O) groups excluding carboxylic acids is 1. The largest absolute Gasteiger partial charge is 0.357 e. The first-order valence-electron chi connectivity index (χ1n) is 8.96. The van der Waals surface area contributed by atoms with Crippen molar-refractivity contribution in [2.45, 2.75) is 47.1 Å². The monoisotopic (exact) mass is 332 g/mol. The normalized spacial score (nSPS) is 11.5. The number of hydrogen-bond acceptors (Lipinski definition) is 2. The van der Waals surface area contributed by atoms with Crippen LogP contribution in [0.1, 0.15) is 56.5 Å². The molecule has 1 aromatic carbocycles. The SMILES string of the molecule is CCCCNC(=O)c1ccc(CN=C(NCC)NCC(C)C)cc1. The molecule has 3 N–H and O–H groups in total. The lowest BCUT2D eigenvalue weighted by molar-refractivity contribution is 0.0953. The van der Waals surface area contributed by atoms with E-state index in [9.17, 15) is 4.79 Å². The van der Waals surface area contributed by atoms with Gasteiger partial charge in [0.25, 0.3) is 5.91 Å². The topological polar surface area (TPSA) is 65.5 Å². The summed E-state index contributed by atoms with van der Waals surface area (Å²) in [6.45, 7) is 11.5. The van der Waals surface area contributed by atoms with E-state index in [1.165, 1.54) is 0 Å². The maximum Gasteiger partial charge on any atom is 0.251 e. The Hall–Kier alpha value is -2.04. The number of nitrogens with zero attached hydrogens (tertiary/aromatic N) is 1. The second kappa shape index (κ2) is 11.5. The summed E-state index contributed by atoms with van der Waals surface area (Å²) < 4.78 is 0. The van der Waals surface area contributed by atoms with Crippen LogP contribution in [0.2, 0.25) is 0 Å². The molecule has 0 saturated heterocycles. The Morgan fingerprint density at radius 3 is 2.38 bits per heavy atom. The molecule has 0 aliphatic heterocycles. The highest BCUT2D eigenvalue weighted by Crippen LogP contribution is 2.06. The summed E-state index contributed by atoms with van der Waals surface area (Å²) in [5.74, 6) is 1.39. The van der Waals surface area contributed by atoms with E-state index in [2.05, 4.69) is 48.6 Å². The van der Waals surface area contributed by atoms with Crippen LogP contribution in [0.15, 0.2) is 29.3 Å². The van der Waals surface area contributed by atoms with Crippen LogP contribution >= 0.6 is 0 Å². The highest BCUT2D eigenvalue weighted by Gasteiger charge is 2.04. The average Bonchev–Trinajstić information content (AvgIpc) is 2.58. The number of carbonyl (C=O) groups is 1. The standard InChI is InChI=1S/C19H32N4O/c1-5-7-12-21-18(24)17-10-8-16(9-11-17)14-23-19(20-6-2)22-13-15(3)4/h8-11,15H,5-7,12-14H2,1-4H3,(H,21,24)(H2,20,22,23). The molecule has 134 valence electrons. The molecule has 0 saturated carbocycles. The zero-order valence-electron chi connectivity index (χ0n) is 15.5. The highest BCUT2D eigenvalue weighted by molar-refractivity contribution is 5.94. The minimum Gasteiger partial charge on any atom is -0.357 e. The minimum absolute atomic E-state index is 0.00885. The lowest BCUT2D eigenvalue weighted by Gasteiger charge is -2.13. The van der Waals surface area contributed by atoms with Crippen molar-refractivity contribution < 1.29 is 4.79 Å². The maximum absolute atomic E-state index is 12.0. The van der Waals surface area contributed by atoms with Crippen LogP contribution < -0.4 is 16.0 Å². The third-order valence-electron chi connectivity index (χ3n) is 3.47. The fraction of sp³-hybridized carbons (Fsp3) is 0.579. The number of amides is 1. The second-order valence-corrected chi connectivity index (χ2v) is 6.28. The number of benzene rings is 1. The van der Waals surface area contributed by atoms with E-state index in [-0.39, 0.29) is 5.91 Å². The zero-order chi connectivity index (χ0) is 17.8. The van der Waals surface area contributed by atoms with Gasteiger partial charge in [0.15, 0.2) is 5.96 Å². The van der Waals surface area contributed by atoms with Crippen molar-refractivity contribution in [3.05, 3.63) is 35.4 Å². The molecule has 0 fully saturated rings. The first-order chi connectivity index (χ1) is 11.6. The quantitative estimate of drug-likeness (QED) is 0.370. The minimum atomic E-state index is -0.00885. The molecule has 0 unspecified atom stereocenters. The molecule has 0 atom stereocenters. The zero-order valence-corrected chi connectivity index (χ0v) is 15.5. The summed E-state index contributed by atoms with van der Waals surface area (Å²) in [7, 11) is 0. The van der Waals surface area contributed by atoms with E-state index in [0.29, 0.717) is 18.0 Å². The van der Waals surface area contributed by atoms with Gasteiger partial charge < -0.3 is 16.0 Å². The van der Waals surface area contributed by atoms with E-state index >= 15 is 0 Å². The molecule has 0 spiro atoms. The molecule has 0 heterocycles.